The summed E-state index contributed by atoms with van der Waals surface area (Å²) in [6.45, 7) is 0.794. The molecule has 1 aliphatic heterocycles. The average molecular weight is 205 g/mol. The lowest BCUT2D eigenvalue weighted by Crippen LogP contribution is -2.18. The van der Waals surface area contributed by atoms with Gasteiger partial charge in [-0.1, -0.05) is 30.3 Å². The van der Waals surface area contributed by atoms with Crippen LogP contribution in [0.2, 0.25) is 0 Å². The molecular weight excluding hydrogens is 194 g/mol. The Morgan fingerprint density at radius 3 is 2.87 bits per heavy atom. The Morgan fingerprint density at radius 2 is 2.20 bits per heavy atom. The van der Waals surface area contributed by atoms with Crippen LogP contribution in [-0.2, 0) is 20.9 Å². The first-order chi connectivity index (χ1) is 7.36. The van der Waals surface area contributed by atoms with Crippen molar-refractivity contribution >= 4 is 11.7 Å². The van der Waals surface area contributed by atoms with Gasteiger partial charge in [0.25, 0.3) is 0 Å². The van der Waals surface area contributed by atoms with Gasteiger partial charge in [0.2, 0.25) is 0 Å². The molecule has 2 rings (SSSR count). The Kier molecular flexibility index (Phi) is 3.09. The van der Waals surface area contributed by atoms with Gasteiger partial charge in [-0.25, -0.2) is 4.79 Å². The van der Waals surface area contributed by atoms with E-state index in [1.165, 1.54) is 0 Å². The largest absolute Gasteiger partial charge is 0.456 e. The molecule has 0 spiro atoms. The zero-order valence-electron chi connectivity index (χ0n) is 8.18. The van der Waals surface area contributed by atoms with E-state index in [1.807, 2.05) is 30.3 Å². The summed E-state index contributed by atoms with van der Waals surface area (Å²) in [5, 5.41) is 0. The molecule has 0 radical (unpaired) electrons. The highest BCUT2D eigenvalue weighted by molar-refractivity contribution is 6.37. The molecule has 0 unspecified atom stereocenters. The Labute approximate surface area is 87.5 Å². The van der Waals surface area contributed by atoms with Crippen LogP contribution in [0.5, 0.6) is 0 Å². The Hall–Kier alpha value is -1.68. The molecule has 0 fully saturated rings. The van der Waals surface area contributed by atoms with E-state index in [0.29, 0.717) is 5.71 Å². The topological polar surface area (TPSA) is 47.9 Å². The summed E-state index contributed by atoms with van der Waals surface area (Å²) >= 11 is 0. The number of aliphatic imine (C=N–C) groups is 1. The minimum Gasteiger partial charge on any atom is -0.456 e. The van der Waals surface area contributed by atoms with Gasteiger partial charge >= 0.3 is 5.97 Å². The fraction of sp³-hybridized carbons (Fsp3) is 0.273. The standard InChI is InChI=1S/C11H11NO3/c13-11(10-7-14-8-12-10)15-6-9-4-2-1-3-5-9/h1-5H,6-8H2. The van der Waals surface area contributed by atoms with Gasteiger partial charge in [-0.05, 0) is 5.56 Å². The van der Waals surface area contributed by atoms with Gasteiger partial charge in [0.15, 0.2) is 0 Å². The summed E-state index contributed by atoms with van der Waals surface area (Å²) in [5.74, 6) is -0.392. The number of carbonyl (C=O) groups excluding carboxylic acids is 1. The number of hydrogen-bond donors (Lipinski definition) is 0. The van der Waals surface area contributed by atoms with Gasteiger partial charge in [-0.3, -0.25) is 4.99 Å². The van der Waals surface area contributed by atoms with E-state index in [4.69, 9.17) is 9.47 Å². The van der Waals surface area contributed by atoms with E-state index >= 15 is 0 Å². The fourth-order valence-electron chi connectivity index (χ4n) is 1.24. The Bertz CT molecular complexity index is 373. The number of ether oxygens (including phenoxy) is 2. The SMILES string of the molecule is O=C(OCc1ccccc1)C1=NCOC1. The first-order valence-electron chi connectivity index (χ1n) is 4.68. The fourth-order valence-corrected chi connectivity index (χ4v) is 1.24. The molecule has 0 bridgehead atoms. The van der Waals surface area contributed by atoms with E-state index in [-0.39, 0.29) is 19.9 Å². The van der Waals surface area contributed by atoms with Crippen LogP contribution in [0.1, 0.15) is 5.56 Å². The molecule has 1 heterocycles. The molecule has 0 atom stereocenters. The van der Waals surface area contributed by atoms with Gasteiger partial charge < -0.3 is 9.47 Å². The Balaban J connectivity index is 1.86. The summed E-state index contributed by atoms with van der Waals surface area (Å²) in [7, 11) is 0. The molecule has 0 saturated heterocycles. The first kappa shape index (κ1) is 9.86. The second-order valence-corrected chi connectivity index (χ2v) is 3.14. The minimum absolute atomic E-state index is 0.258. The van der Waals surface area contributed by atoms with E-state index in [2.05, 4.69) is 4.99 Å². The minimum atomic E-state index is -0.392. The number of hydrogen-bond acceptors (Lipinski definition) is 4. The van der Waals surface area contributed by atoms with E-state index in [0.717, 1.165) is 5.56 Å². The molecule has 0 amide bonds. The number of esters is 1. The summed E-state index contributed by atoms with van der Waals surface area (Å²) in [6.07, 6.45) is 0. The first-order valence-corrected chi connectivity index (χ1v) is 4.68. The summed E-state index contributed by atoms with van der Waals surface area (Å²) in [5.41, 5.74) is 1.33. The predicted molar refractivity (Wildman–Crippen MR) is 54.5 cm³/mol. The van der Waals surface area contributed by atoms with Crippen LogP contribution in [0.4, 0.5) is 0 Å². The van der Waals surface area contributed by atoms with Crippen LogP contribution in [0.3, 0.4) is 0 Å². The van der Waals surface area contributed by atoms with Crippen LogP contribution in [0, 0.1) is 0 Å². The highest BCUT2D eigenvalue weighted by Crippen LogP contribution is 2.02. The lowest BCUT2D eigenvalue weighted by molar-refractivity contribution is -0.136. The number of benzene rings is 1. The highest BCUT2D eigenvalue weighted by atomic mass is 16.5. The van der Waals surface area contributed by atoms with Crippen LogP contribution in [0.15, 0.2) is 35.3 Å². The smallest absolute Gasteiger partial charge is 0.355 e. The van der Waals surface area contributed by atoms with Crippen molar-refractivity contribution in [2.45, 2.75) is 6.61 Å². The molecule has 15 heavy (non-hydrogen) atoms. The summed E-state index contributed by atoms with van der Waals surface area (Å²) in [6, 6.07) is 9.53. The lowest BCUT2D eigenvalue weighted by Gasteiger charge is -2.03. The quantitative estimate of drug-likeness (QED) is 0.695. The average Bonchev–Trinajstić information content (AvgIpc) is 2.81. The third kappa shape index (κ3) is 2.63. The van der Waals surface area contributed by atoms with Crippen molar-refractivity contribution in [3.63, 3.8) is 0 Å². The normalized spacial score (nSPS) is 14.8. The van der Waals surface area contributed by atoms with Crippen molar-refractivity contribution in [2.75, 3.05) is 13.3 Å². The molecule has 4 nitrogen and oxygen atoms in total. The monoisotopic (exact) mass is 205 g/mol. The van der Waals surface area contributed by atoms with Gasteiger partial charge in [0.05, 0.1) is 6.61 Å². The maximum atomic E-state index is 11.4. The third-order valence-electron chi connectivity index (χ3n) is 2.03. The Morgan fingerprint density at radius 1 is 1.40 bits per heavy atom. The van der Waals surface area contributed by atoms with Crippen molar-refractivity contribution in [1.29, 1.82) is 0 Å². The zero-order chi connectivity index (χ0) is 10.5. The van der Waals surface area contributed by atoms with Gasteiger partial charge in [-0.2, -0.15) is 0 Å². The number of nitrogens with zero attached hydrogens (tertiary/aromatic N) is 1. The molecule has 0 saturated carbocycles. The maximum Gasteiger partial charge on any atom is 0.355 e. The number of carbonyl (C=O) groups is 1. The van der Waals surface area contributed by atoms with Crippen molar-refractivity contribution < 1.29 is 14.3 Å². The van der Waals surface area contributed by atoms with Crippen molar-refractivity contribution in [3.8, 4) is 0 Å². The summed E-state index contributed by atoms with van der Waals surface area (Å²) in [4.78, 5) is 15.3. The second-order valence-electron chi connectivity index (χ2n) is 3.14. The van der Waals surface area contributed by atoms with Gasteiger partial charge in [-0.15, -0.1) is 0 Å². The molecule has 0 N–H and O–H groups in total. The third-order valence-corrected chi connectivity index (χ3v) is 2.03. The summed E-state index contributed by atoms with van der Waals surface area (Å²) < 4.78 is 9.99. The molecule has 0 aliphatic carbocycles. The maximum absolute atomic E-state index is 11.4. The van der Waals surface area contributed by atoms with E-state index < -0.39 is 5.97 Å². The lowest BCUT2D eigenvalue weighted by atomic mass is 10.2. The zero-order valence-corrected chi connectivity index (χ0v) is 8.18. The molecular formula is C11H11NO3. The van der Waals surface area contributed by atoms with Crippen molar-refractivity contribution in [2.24, 2.45) is 4.99 Å². The number of rotatable bonds is 3. The molecule has 1 aromatic carbocycles. The molecule has 78 valence electrons. The molecule has 4 heteroatoms. The van der Waals surface area contributed by atoms with E-state index in [1.54, 1.807) is 0 Å². The van der Waals surface area contributed by atoms with Crippen LogP contribution in [-0.4, -0.2) is 25.0 Å². The van der Waals surface area contributed by atoms with Crippen LogP contribution < -0.4 is 0 Å². The van der Waals surface area contributed by atoms with E-state index in [9.17, 15) is 4.79 Å². The van der Waals surface area contributed by atoms with Crippen LogP contribution >= 0.6 is 0 Å². The molecule has 0 aromatic heterocycles. The molecule has 1 aromatic rings. The van der Waals surface area contributed by atoms with Gasteiger partial charge in [0, 0.05) is 0 Å². The van der Waals surface area contributed by atoms with Crippen molar-refractivity contribution in [3.05, 3.63) is 35.9 Å². The highest BCUT2D eigenvalue weighted by Gasteiger charge is 2.16. The predicted octanol–water partition coefficient (Wildman–Crippen LogP) is 1.16. The van der Waals surface area contributed by atoms with Crippen LogP contribution in [0.25, 0.3) is 0 Å². The van der Waals surface area contributed by atoms with Gasteiger partial charge in [0.1, 0.15) is 19.0 Å². The molecule has 1 aliphatic rings. The second kappa shape index (κ2) is 4.70. The van der Waals surface area contributed by atoms with Crippen molar-refractivity contribution in [1.82, 2.24) is 0 Å².